The molecule has 0 aliphatic carbocycles. The fourth-order valence-corrected chi connectivity index (χ4v) is 70.3. The van der Waals surface area contributed by atoms with E-state index in [0.29, 0.717) is 0 Å². The van der Waals surface area contributed by atoms with Crippen LogP contribution in [-0.4, -0.2) is 303 Å². The molecule has 0 unspecified atom stereocenters. The summed E-state index contributed by atoms with van der Waals surface area (Å²) in [4.78, 5) is 0. The van der Waals surface area contributed by atoms with E-state index in [2.05, 4.69) is 236 Å². The molecule has 0 amide bonds. The predicted octanol–water partition coefficient (Wildman–Crippen LogP) is -7.45. The number of halogens is 4. The summed E-state index contributed by atoms with van der Waals surface area (Å²) >= 11 is 15.5. The maximum atomic E-state index is 3.87. The van der Waals surface area contributed by atoms with Crippen LogP contribution in [0.1, 0.15) is 83.1 Å². The third-order valence-electron chi connectivity index (χ3n) is 13.6. The Labute approximate surface area is 499 Å². The molecule has 65 heavy (non-hydrogen) atoms. The van der Waals surface area contributed by atoms with Gasteiger partial charge in [-0.3, -0.25) is 0 Å². The Morgan fingerprint density at radius 1 is 0.292 bits per heavy atom. The van der Waals surface area contributed by atoms with Gasteiger partial charge < -0.3 is 101 Å². The Balaban J connectivity index is 0.00000117. The molecule has 0 atom stereocenters. The van der Waals surface area contributed by atoms with Crippen molar-refractivity contribution in [2.45, 2.75) is 105 Å². The minimum absolute atomic E-state index is 0. The van der Waals surface area contributed by atoms with Crippen LogP contribution in [0.5, 0.6) is 0 Å². The molecule has 6 heterocycles. The number of nitrogens with zero attached hydrogens (tertiary/aromatic N) is 12. The van der Waals surface area contributed by atoms with Crippen molar-refractivity contribution < 1.29 is 119 Å². The van der Waals surface area contributed by atoms with Gasteiger partial charge in [0.25, 0.3) is 0 Å². The molecule has 392 valence electrons. The fraction of sp³-hybridized carbons (Fsp3) is 1.00. The van der Waals surface area contributed by atoms with Crippen molar-refractivity contribution in [1.29, 1.82) is 0 Å². The van der Waals surface area contributed by atoms with E-state index in [1.165, 1.54) is 105 Å². The Morgan fingerprint density at radius 3 is 0.492 bits per heavy atom. The van der Waals surface area contributed by atoms with Crippen LogP contribution in [0.3, 0.4) is 0 Å². The van der Waals surface area contributed by atoms with Gasteiger partial charge >= 0.3 is 405 Å². The zero-order valence-corrected chi connectivity index (χ0v) is 63.2. The quantitative estimate of drug-likeness (QED) is 0.120. The van der Waals surface area contributed by atoms with E-state index in [1.807, 2.05) is 0 Å². The Morgan fingerprint density at radius 2 is 0.400 bits per heavy atom. The minimum atomic E-state index is -1.72. The molecule has 0 saturated carbocycles. The number of quaternary nitrogens is 4. The van der Waals surface area contributed by atoms with Crippen LogP contribution < -0.4 is 95.9 Å². The second-order valence-corrected chi connectivity index (χ2v) is 48.4. The van der Waals surface area contributed by atoms with Crippen molar-refractivity contribution in [3.8, 4) is 0 Å². The molecule has 6 fully saturated rings. The summed E-state index contributed by atoms with van der Waals surface area (Å²) in [6.45, 7) is 48.4. The number of piperazine rings is 4. The van der Waals surface area contributed by atoms with Crippen LogP contribution in [0.4, 0.5) is 0 Å². The zero-order valence-electron chi connectivity index (χ0n) is 44.1. The van der Waals surface area contributed by atoms with Gasteiger partial charge in [-0.2, -0.15) is 0 Å². The first kappa shape index (κ1) is 71.2. The molecular formula is C40H94I4N12OP4Se4. The average molecular weight is 1710 g/mol. The van der Waals surface area contributed by atoms with Gasteiger partial charge in [0, 0.05) is 0 Å². The molecule has 25 heteroatoms. The molecule has 0 spiro atoms. The summed E-state index contributed by atoms with van der Waals surface area (Å²) in [5.74, 6) is -6.89. The van der Waals surface area contributed by atoms with Gasteiger partial charge in [-0.15, -0.1) is 0 Å². The van der Waals surface area contributed by atoms with Gasteiger partial charge in [0.15, 0.2) is 0 Å². The second kappa shape index (κ2) is 24.1. The van der Waals surface area contributed by atoms with Crippen LogP contribution in [0.25, 0.3) is 0 Å². The normalized spacial score (nSPS) is 34.3. The Bertz CT molecular complexity index is 1500. The zero-order chi connectivity index (χ0) is 45.9. The summed E-state index contributed by atoms with van der Waals surface area (Å²) in [7, 11) is 19.0. The molecule has 0 radical (unpaired) electrons. The minimum Gasteiger partial charge on any atom is -1.00 e. The Hall–Kier alpha value is 6.20. The summed E-state index contributed by atoms with van der Waals surface area (Å²) < 4.78 is 27.7. The molecule has 13 nitrogen and oxygen atoms in total. The van der Waals surface area contributed by atoms with Gasteiger partial charge in [0.1, 0.15) is 0 Å². The van der Waals surface area contributed by atoms with Crippen molar-refractivity contribution in [2.24, 2.45) is 0 Å². The van der Waals surface area contributed by atoms with Gasteiger partial charge in [-0.1, -0.05) is 0 Å². The molecule has 6 saturated heterocycles. The maximum absolute atomic E-state index is 3.87. The molecule has 0 aromatic rings. The van der Waals surface area contributed by atoms with Gasteiger partial charge in [0.05, 0.1) is 0 Å². The molecule has 6 rings (SSSR count). The number of rotatable bonds is 4. The molecule has 6 aliphatic heterocycles. The van der Waals surface area contributed by atoms with E-state index < -0.39 is 23.8 Å². The van der Waals surface area contributed by atoms with Crippen LogP contribution in [-0.2, 0) is 0 Å². The van der Waals surface area contributed by atoms with E-state index in [0.717, 1.165) is 17.9 Å². The number of hydrogen-bond donors (Lipinski definition) is 0. The number of hydrogen-bond acceptors (Lipinski definition) is 8. The first-order valence-corrected chi connectivity index (χ1v) is 38.1. The van der Waals surface area contributed by atoms with Crippen LogP contribution in [0.2, 0.25) is 0 Å². The molecule has 0 aromatic carbocycles. The third kappa shape index (κ3) is 14.5. The molecular weight excluding hydrogens is 1610 g/mol. The van der Waals surface area contributed by atoms with Crippen molar-refractivity contribution >= 4 is 84.2 Å². The second-order valence-electron chi connectivity index (χ2n) is 25.2. The predicted molar refractivity (Wildman–Crippen MR) is 274 cm³/mol. The molecule has 2 N–H and O–H groups in total. The van der Waals surface area contributed by atoms with Crippen molar-refractivity contribution in [1.82, 2.24) is 36.4 Å². The summed E-state index contributed by atoms with van der Waals surface area (Å²) in [6, 6.07) is 0. The first-order valence-electron chi connectivity index (χ1n) is 22.7. The van der Waals surface area contributed by atoms with E-state index in [4.69, 9.17) is 0 Å². The summed E-state index contributed by atoms with van der Waals surface area (Å²) in [6.07, 6.45) is 0. The van der Waals surface area contributed by atoms with Gasteiger partial charge in [-0.25, -0.2) is 0 Å². The van der Waals surface area contributed by atoms with Gasteiger partial charge in [-0.05, 0) is 0 Å². The molecule has 0 bridgehead atoms. The molecule has 0 aromatic heterocycles. The van der Waals surface area contributed by atoms with Crippen molar-refractivity contribution in [2.75, 3.05) is 161 Å². The first-order chi connectivity index (χ1) is 26.7. The largest absolute Gasteiger partial charge is 1.00 e. The topological polar surface area (TPSA) is 57.4 Å². The van der Waals surface area contributed by atoms with Crippen LogP contribution >= 0.6 is 23.8 Å². The van der Waals surface area contributed by atoms with E-state index in [9.17, 15) is 0 Å². The van der Waals surface area contributed by atoms with Gasteiger partial charge in [0.2, 0.25) is 0 Å². The average Bonchev–Trinajstić information content (AvgIpc) is 3.01. The monoisotopic (exact) mass is 1710 g/mol. The standard InChI is InChI=1S/2C20H46N6P2Se2.4HI.H2O/c2*1-19(2,3)23-27(29,21-11-15-25(7,8)16-12-21)24(20(4,5)6)28(23,30)22-13-17-26(9,10)18-14-22;;;;;/h2*11-18H2,1-10H3;4*1H;1H2/q2*+2;;;;;/p-4. The van der Waals surface area contributed by atoms with E-state index >= 15 is 0 Å². The van der Waals surface area contributed by atoms with E-state index in [1.54, 1.807) is 0 Å². The maximum Gasteiger partial charge on any atom is -0.412 e. The van der Waals surface area contributed by atoms with Crippen LogP contribution in [0.15, 0.2) is 0 Å². The van der Waals surface area contributed by atoms with Crippen molar-refractivity contribution in [3.63, 3.8) is 0 Å². The van der Waals surface area contributed by atoms with Crippen molar-refractivity contribution in [3.05, 3.63) is 0 Å². The fourth-order valence-electron chi connectivity index (χ4n) is 9.98. The smallest absolute Gasteiger partial charge is 0.412 e. The summed E-state index contributed by atoms with van der Waals surface area (Å²) in [5, 5.41) is 0. The Kier molecular flexibility index (Phi) is 26.4. The van der Waals surface area contributed by atoms with Crippen LogP contribution in [0, 0.1) is 0 Å². The third-order valence-corrected chi connectivity index (χ3v) is 53.4. The van der Waals surface area contributed by atoms with E-state index in [-0.39, 0.29) is 124 Å². The molecule has 6 aliphatic rings. The SMILES string of the molecule is CC(C)(C)N1P(=[Se])(N2CC[N+](C)(C)CC2)N(C(C)(C)C)P1(=[Se])N1CC[N+](C)(C)CC1.CC(C)(C)N1P(=[Se])(N2CC[N+](C)(C)CC2)N(C(C)(C)C)P1(=[Se])N1CC[N+](C)(C)CC1.O.[I-].[I-].[I-].[I-]. The summed E-state index contributed by atoms with van der Waals surface area (Å²) in [5.41, 5.74) is 0.458. The number of likely N-dealkylation sites (N-methyl/N-ethyl adjacent to an activating group) is 4.